The lowest BCUT2D eigenvalue weighted by molar-refractivity contribution is 0.741. The SMILES string of the molecule is Cc1ccc(C)c(SCCNCc2cccs2)c1. The Balaban J connectivity index is 1.70. The molecule has 96 valence electrons. The summed E-state index contributed by atoms with van der Waals surface area (Å²) in [5.41, 5.74) is 2.72. The highest BCUT2D eigenvalue weighted by Crippen LogP contribution is 2.22. The van der Waals surface area contributed by atoms with E-state index in [1.807, 2.05) is 23.1 Å². The van der Waals surface area contributed by atoms with Crippen LogP contribution in [-0.2, 0) is 6.54 Å². The molecule has 1 aromatic heterocycles. The summed E-state index contributed by atoms with van der Waals surface area (Å²) in [6.45, 7) is 6.38. The Labute approximate surface area is 118 Å². The summed E-state index contributed by atoms with van der Waals surface area (Å²) in [6, 6.07) is 10.9. The van der Waals surface area contributed by atoms with Crippen LogP contribution in [0.4, 0.5) is 0 Å². The molecule has 3 heteroatoms. The van der Waals surface area contributed by atoms with Crippen molar-refractivity contribution >= 4 is 23.1 Å². The van der Waals surface area contributed by atoms with Crippen molar-refractivity contribution in [1.82, 2.24) is 5.32 Å². The van der Waals surface area contributed by atoms with E-state index in [-0.39, 0.29) is 0 Å². The van der Waals surface area contributed by atoms with E-state index in [4.69, 9.17) is 0 Å². The largest absolute Gasteiger partial charge is 0.311 e. The Hall–Kier alpha value is -0.770. The molecule has 0 spiro atoms. The van der Waals surface area contributed by atoms with Crippen molar-refractivity contribution in [3.8, 4) is 0 Å². The van der Waals surface area contributed by atoms with E-state index in [2.05, 4.69) is 54.9 Å². The van der Waals surface area contributed by atoms with E-state index in [0.717, 1.165) is 18.8 Å². The van der Waals surface area contributed by atoms with E-state index in [1.165, 1.54) is 20.9 Å². The minimum absolute atomic E-state index is 0.991. The number of rotatable bonds is 6. The van der Waals surface area contributed by atoms with Gasteiger partial charge in [0.15, 0.2) is 0 Å². The predicted molar refractivity (Wildman–Crippen MR) is 82.7 cm³/mol. The van der Waals surface area contributed by atoms with E-state index in [0.29, 0.717) is 0 Å². The molecule has 2 aromatic rings. The molecule has 0 fully saturated rings. The summed E-state index contributed by atoms with van der Waals surface area (Å²) in [4.78, 5) is 2.82. The van der Waals surface area contributed by atoms with Crippen LogP contribution >= 0.6 is 23.1 Å². The second-order valence-electron chi connectivity index (χ2n) is 4.37. The summed E-state index contributed by atoms with van der Waals surface area (Å²) in [7, 11) is 0. The van der Waals surface area contributed by atoms with Gasteiger partial charge >= 0.3 is 0 Å². The average Bonchev–Trinajstić information content (AvgIpc) is 2.86. The Morgan fingerprint density at radius 3 is 2.89 bits per heavy atom. The van der Waals surface area contributed by atoms with Crippen molar-refractivity contribution in [2.75, 3.05) is 12.3 Å². The van der Waals surface area contributed by atoms with E-state index in [1.54, 1.807) is 0 Å². The first-order chi connectivity index (χ1) is 8.75. The van der Waals surface area contributed by atoms with E-state index in [9.17, 15) is 0 Å². The quantitative estimate of drug-likeness (QED) is 0.626. The highest BCUT2D eigenvalue weighted by atomic mass is 32.2. The molecule has 1 N–H and O–H groups in total. The standard InChI is InChI=1S/C15H19NS2/c1-12-5-6-13(2)15(10-12)18-9-7-16-11-14-4-3-8-17-14/h3-6,8,10,16H,7,9,11H2,1-2H3. The zero-order valence-corrected chi connectivity index (χ0v) is 12.5. The van der Waals surface area contributed by atoms with Gasteiger partial charge in [0, 0.05) is 28.6 Å². The summed E-state index contributed by atoms with van der Waals surface area (Å²) in [5.74, 6) is 1.12. The Kier molecular flexibility index (Phi) is 5.29. The van der Waals surface area contributed by atoms with Crippen molar-refractivity contribution in [2.24, 2.45) is 0 Å². The van der Waals surface area contributed by atoms with Crippen molar-refractivity contribution < 1.29 is 0 Å². The molecule has 1 heterocycles. The van der Waals surface area contributed by atoms with Gasteiger partial charge in [-0.15, -0.1) is 23.1 Å². The number of hydrogen-bond acceptors (Lipinski definition) is 3. The third kappa shape index (κ3) is 4.16. The normalized spacial score (nSPS) is 10.8. The third-order valence-corrected chi connectivity index (χ3v) is 4.79. The molecular weight excluding hydrogens is 258 g/mol. The summed E-state index contributed by atoms with van der Waals surface area (Å²) in [5, 5.41) is 5.61. The summed E-state index contributed by atoms with van der Waals surface area (Å²) < 4.78 is 0. The van der Waals surface area contributed by atoms with Gasteiger partial charge in [-0.3, -0.25) is 0 Å². The first-order valence-electron chi connectivity index (χ1n) is 6.19. The second-order valence-corrected chi connectivity index (χ2v) is 6.54. The highest BCUT2D eigenvalue weighted by Gasteiger charge is 1.99. The zero-order valence-electron chi connectivity index (χ0n) is 10.9. The lowest BCUT2D eigenvalue weighted by Crippen LogP contribution is -2.15. The maximum Gasteiger partial charge on any atom is 0.0300 e. The van der Waals surface area contributed by atoms with Crippen molar-refractivity contribution in [3.63, 3.8) is 0 Å². The number of hydrogen-bond donors (Lipinski definition) is 1. The molecule has 0 radical (unpaired) electrons. The molecule has 1 aromatic carbocycles. The molecule has 0 saturated carbocycles. The molecule has 0 bridgehead atoms. The topological polar surface area (TPSA) is 12.0 Å². The molecule has 0 aliphatic heterocycles. The molecule has 0 unspecified atom stereocenters. The van der Waals surface area contributed by atoms with Crippen LogP contribution in [0.5, 0.6) is 0 Å². The molecule has 0 aliphatic rings. The first-order valence-corrected chi connectivity index (χ1v) is 8.05. The smallest absolute Gasteiger partial charge is 0.0300 e. The van der Waals surface area contributed by atoms with Crippen LogP contribution in [0, 0.1) is 13.8 Å². The molecule has 0 atom stereocenters. The summed E-state index contributed by atoms with van der Waals surface area (Å²) in [6.07, 6.45) is 0. The fourth-order valence-corrected chi connectivity index (χ4v) is 3.43. The molecule has 18 heavy (non-hydrogen) atoms. The van der Waals surface area contributed by atoms with Gasteiger partial charge in [0.25, 0.3) is 0 Å². The number of thiophene rings is 1. The van der Waals surface area contributed by atoms with Crippen LogP contribution in [0.15, 0.2) is 40.6 Å². The maximum atomic E-state index is 3.48. The van der Waals surface area contributed by atoms with Gasteiger partial charge in [0.1, 0.15) is 0 Å². The van der Waals surface area contributed by atoms with Crippen molar-refractivity contribution in [2.45, 2.75) is 25.3 Å². The first kappa shape index (κ1) is 13.7. The third-order valence-electron chi connectivity index (χ3n) is 2.76. The van der Waals surface area contributed by atoms with Gasteiger partial charge < -0.3 is 5.32 Å². The molecule has 0 aliphatic carbocycles. The van der Waals surface area contributed by atoms with Crippen LogP contribution in [0.2, 0.25) is 0 Å². The number of nitrogens with one attached hydrogen (secondary N) is 1. The number of aryl methyl sites for hydroxylation is 2. The molecular formula is C15H19NS2. The lowest BCUT2D eigenvalue weighted by Gasteiger charge is -2.07. The highest BCUT2D eigenvalue weighted by molar-refractivity contribution is 7.99. The van der Waals surface area contributed by atoms with Gasteiger partial charge in [-0.25, -0.2) is 0 Å². The number of benzene rings is 1. The van der Waals surface area contributed by atoms with Crippen LogP contribution in [0.1, 0.15) is 16.0 Å². The Morgan fingerprint density at radius 2 is 2.11 bits per heavy atom. The van der Waals surface area contributed by atoms with E-state index >= 15 is 0 Å². The lowest BCUT2D eigenvalue weighted by atomic mass is 10.2. The van der Waals surface area contributed by atoms with Crippen molar-refractivity contribution in [1.29, 1.82) is 0 Å². The van der Waals surface area contributed by atoms with Crippen molar-refractivity contribution in [3.05, 3.63) is 51.7 Å². The van der Waals surface area contributed by atoms with Gasteiger partial charge in [-0.2, -0.15) is 0 Å². The summed E-state index contributed by atoms with van der Waals surface area (Å²) >= 11 is 3.75. The van der Waals surface area contributed by atoms with E-state index < -0.39 is 0 Å². The van der Waals surface area contributed by atoms with Gasteiger partial charge in [-0.05, 0) is 36.9 Å². The van der Waals surface area contributed by atoms with Crippen LogP contribution in [0.25, 0.3) is 0 Å². The van der Waals surface area contributed by atoms with Gasteiger partial charge in [-0.1, -0.05) is 23.8 Å². The molecule has 1 nitrogen and oxygen atoms in total. The van der Waals surface area contributed by atoms with Gasteiger partial charge in [0.05, 0.1) is 0 Å². The van der Waals surface area contributed by atoms with Crippen LogP contribution in [-0.4, -0.2) is 12.3 Å². The number of thioether (sulfide) groups is 1. The maximum absolute atomic E-state index is 3.48. The predicted octanol–water partition coefficient (Wildman–Crippen LogP) is 4.25. The average molecular weight is 277 g/mol. The fourth-order valence-electron chi connectivity index (χ4n) is 1.72. The van der Waals surface area contributed by atoms with Crippen LogP contribution in [0.3, 0.4) is 0 Å². The second kappa shape index (κ2) is 6.98. The Bertz CT molecular complexity index is 477. The zero-order chi connectivity index (χ0) is 12.8. The van der Waals surface area contributed by atoms with Crippen LogP contribution < -0.4 is 5.32 Å². The van der Waals surface area contributed by atoms with Gasteiger partial charge in [0.2, 0.25) is 0 Å². The Morgan fingerprint density at radius 1 is 1.22 bits per heavy atom. The molecule has 0 saturated heterocycles. The minimum atomic E-state index is 0.991. The fraction of sp³-hybridized carbons (Fsp3) is 0.333. The molecule has 0 amide bonds. The molecule has 2 rings (SSSR count). The minimum Gasteiger partial charge on any atom is -0.311 e. The monoisotopic (exact) mass is 277 g/mol.